The van der Waals surface area contributed by atoms with Crippen molar-refractivity contribution in [1.82, 2.24) is 10.3 Å². The van der Waals surface area contributed by atoms with Crippen LogP contribution in [-0.2, 0) is 9.84 Å². The lowest BCUT2D eigenvalue weighted by Crippen LogP contribution is -2.41. The zero-order valence-corrected chi connectivity index (χ0v) is 22.0. The van der Waals surface area contributed by atoms with Gasteiger partial charge in [0.15, 0.2) is 9.84 Å². The molecule has 0 spiro atoms. The second-order valence-electron chi connectivity index (χ2n) is 9.20. The highest BCUT2D eigenvalue weighted by molar-refractivity contribution is 7.90. The molecule has 4 aromatic rings. The summed E-state index contributed by atoms with van der Waals surface area (Å²) >= 11 is 0. The summed E-state index contributed by atoms with van der Waals surface area (Å²) in [5.74, 6) is -0.114. The van der Waals surface area contributed by atoms with E-state index in [1.807, 2.05) is 44.3 Å². The Hall–Kier alpha value is -3.62. The number of para-hydroxylation sites is 1. The van der Waals surface area contributed by atoms with Crippen LogP contribution < -0.4 is 10.1 Å². The highest BCUT2D eigenvalue weighted by atomic mass is 32.2. The highest BCUT2D eigenvalue weighted by Crippen LogP contribution is 2.31. The third kappa shape index (κ3) is 5.87. The van der Waals surface area contributed by atoms with Gasteiger partial charge < -0.3 is 20.1 Å². The molecule has 0 radical (unpaired) electrons. The van der Waals surface area contributed by atoms with Gasteiger partial charge in [0.1, 0.15) is 5.75 Å². The van der Waals surface area contributed by atoms with Crippen molar-refractivity contribution in [3.8, 4) is 16.9 Å². The largest absolute Gasteiger partial charge is 0.493 e. The van der Waals surface area contributed by atoms with Crippen molar-refractivity contribution in [2.75, 3.05) is 19.5 Å². The van der Waals surface area contributed by atoms with Gasteiger partial charge in [-0.3, -0.25) is 4.79 Å². The van der Waals surface area contributed by atoms with E-state index in [0.717, 1.165) is 29.1 Å². The molecule has 37 heavy (non-hydrogen) atoms. The molecule has 0 aliphatic carbocycles. The minimum atomic E-state index is -3.38. The quantitative estimate of drug-likeness (QED) is 0.275. The van der Waals surface area contributed by atoms with Crippen molar-refractivity contribution in [2.45, 2.75) is 37.1 Å². The van der Waals surface area contributed by atoms with Gasteiger partial charge in [0, 0.05) is 29.3 Å². The molecular weight excluding hydrogens is 488 g/mol. The molecule has 1 aromatic heterocycles. The second-order valence-corrected chi connectivity index (χ2v) is 11.2. The number of ether oxygens (including phenoxy) is 1. The number of aliphatic hydroxyl groups excluding tert-OH is 1. The molecule has 1 unspecified atom stereocenters. The van der Waals surface area contributed by atoms with Gasteiger partial charge in [0.25, 0.3) is 5.91 Å². The number of aromatic amines is 1. The number of hydrogen-bond donors (Lipinski definition) is 3. The number of benzene rings is 3. The van der Waals surface area contributed by atoms with Gasteiger partial charge in [-0.05, 0) is 53.4 Å². The first-order chi connectivity index (χ1) is 17.7. The van der Waals surface area contributed by atoms with Crippen molar-refractivity contribution in [3.05, 3.63) is 84.1 Å². The second kappa shape index (κ2) is 11.2. The lowest BCUT2D eigenvalue weighted by atomic mass is 9.93. The molecule has 0 bridgehead atoms. The summed E-state index contributed by atoms with van der Waals surface area (Å²) < 4.78 is 30.0. The minimum absolute atomic E-state index is 0.167. The van der Waals surface area contributed by atoms with E-state index >= 15 is 0 Å². The number of aliphatic hydroxyl groups is 1. The van der Waals surface area contributed by atoms with Crippen LogP contribution in [0, 0.1) is 0 Å². The summed E-state index contributed by atoms with van der Waals surface area (Å²) in [6.07, 6.45) is 3.85. The molecule has 3 N–H and O–H groups in total. The van der Waals surface area contributed by atoms with Gasteiger partial charge in [-0.2, -0.15) is 0 Å². The average Bonchev–Trinajstić information content (AvgIpc) is 3.34. The third-order valence-corrected chi connectivity index (χ3v) is 7.62. The van der Waals surface area contributed by atoms with Gasteiger partial charge in [0.05, 0.1) is 29.7 Å². The summed E-state index contributed by atoms with van der Waals surface area (Å²) in [6, 6.07) is 19.2. The highest BCUT2D eigenvalue weighted by Gasteiger charge is 2.25. The number of aromatic nitrogens is 1. The van der Waals surface area contributed by atoms with Crippen molar-refractivity contribution < 1.29 is 23.1 Å². The van der Waals surface area contributed by atoms with Crippen molar-refractivity contribution in [1.29, 1.82) is 0 Å². The summed E-state index contributed by atoms with van der Waals surface area (Å²) in [5, 5.41) is 14.2. The fraction of sp³-hybridized carbons (Fsp3) is 0.276. The lowest BCUT2D eigenvalue weighted by molar-refractivity contribution is 0.0903. The first-order valence-corrected chi connectivity index (χ1v) is 14.2. The number of amides is 1. The molecule has 1 heterocycles. The molecule has 0 aliphatic heterocycles. The molecule has 4 rings (SSSR count). The molecular formula is C29H32N2O5S. The standard InChI is InChI=1S/C29H32N2O5S/c1-4-14-36-28-13-12-21(20-8-7-9-22(15-20)37(3,34)35)16-24(28)29(33)31-27(18-32)19(2)25-17-30-26-11-6-5-10-23(25)26/h5-13,15-17,19,27,30,32H,4,14,18H2,1-3H3,(H,31,33)/t19-,27?/m1/s1. The van der Waals surface area contributed by atoms with Gasteiger partial charge in [-0.15, -0.1) is 0 Å². The number of carbonyl (C=O) groups excluding carboxylic acids is 1. The smallest absolute Gasteiger partial charge is 0.255 e. The van der Waals surface area contributed by atoms with Gasteiger partial charge in [0.2, 0.25) is 0 Å². The normalized spacial score (nSPS) is 13.3. The number of carbonyl (C=O) groups is 1. The van der Waals surface area contributed by atoms with Crippen molar-refractivity contribution >= 4 is 26.6 Å². The van der Waals surface area contributed by atoms with E-state index in [1.165, 1.54) is 0 Å². The predicted molar refractivity (Wildman–Crippen MR) is 146 cm³/mol. The molecule has 7 nitrogen and oxygen atoms in total. The molecule has 0 saturated carbocycles. The van der Waals surface area contributed by atoms with Crippen LogP contribution in [-0.4, -0.2) is 49.9 Å². The fourth-order valence-electron chi connectivity index (χ4n) is 4.39. The Kier molecular flexibility index (Phi) is 8.00. The van der Waals surface area contributed by atoms with E-state index in [4.69, 9.17) is 4.74 Å². The molecule has 194 valence electrons. The monoisotopic (exact) mass is 520 g/mol. The van der Waals surface area contributed by atoms with Crippen molar-refractivity contribution in [2.24, 2.45) is 0 Å². The fourth-order valence-corrected chi connectivity index (χ4v) is 5.06. The summed E-state index contributed by atoms with van der Waals surface area (Å²) in [7, 11) is -3.38. The number of rotatable bonds is 10. The van der Waals surface area contributed by atoms with Crippen LogP contribution in [0.25, 0.3) is 22.0 Å². The number of fused-ring (bicyclic) bond motifs is 1. The molecule has 3 aromatic carbocycles. The Balaban J connectivity index is 1.66. The average molecular weight is 521 g/mol. The minimum Gasteiger partial charge on any atom is -0.493 e. The first-order valence-electron chi connectivity index (χ1n) is 12.3. The SMILES string of the molecule is CCCOc1ccc(-c2cccc(S(C)(=O)=O)c2)cc1C(=O)NC(CO)[C@H](C)c1c[nH]c2ccccc12. The summed E-state index contributed by atoms with van der Waals surface area (Å²) in [6.45, 7) is 4.15. The predicted octanol–water partition coefficient (Wildman–Crippen LogP) is 4.92. The number of sulfone groups is 1. The van der Waals surface area contributed by atoms with Gasteiger partial charge >= 0.3 is 0 Å². The first kappa shape index (κ1) is 26.4. The zero-order chi connectivity index (χ0) is 26.6. The number of hydrogen-bond acceptors (Lipinski definition) is 5. The zero-order valence-electron chi connectivity index (χ0n) is 21.2. The van der Waals surface area contributed by atoms with E-state index in [9.17, 15) is 18.3 Å². The Labute approximate surface area is 217 Å². The van der Waals surface area contributed by atoms with E-state index in [2.05, 4.69) is 10.3 Å². The van der Waals surface area contributed by atoms with Crippen LogP contribution in [0.1, 0.15) is 42.1 Å². The maximum absolute atomic E-state index is 13.5. The van der Waals surface area contributed by atoms with Gasteiger partial charge in [-0.25, -0.2) is 8.42 Å². The van der Waals surface area contributed by atoms with E-state index in [1.54, 1.807) is 42.5 Å². The Morgan fingerprint density at radius 1 is 1.05 bits per heavy atom. The van der Waals surface area contributed by atoms with Crippen LogP contribution in [0.3, 0.4) is 0 Å². The molecule has 8 heteroatoms. The Bertz CT molecular complexity index is 1510. The number of nitrogens with one attached hydrogen (secondary N) is 2. The summed E-state index contributed by atoms with van der Waals surface area (Å²) in [5.41, 5.74) is 3.67. The van der Waals surface area contributed by atoms with Crippen LogP contribution in [0.2, 0.25) is 0 Å². The third-order valence-electron chi connectivity index (χ3n) is 6.51. The molecule has 1 amide bonds. The van der Waals surface area contributed by atoms with Crippen LogP contribution >= 0.6 is 0 Å². The molecule has 2 atom stereocenters. The maximum atomic E-state index is 13.5. The topological polar surface area (TPSA) is 108 Å². The lowest BCUT2D eigenvalue weighted by Gasteiger charge is -2.24. The maximum Gasteiger partial charge on any atom is 0.255 e. The van der Waals surface area contributed by atoms with Crippen molar-refractivity contribution in [3.63, 3.8) is 0 Å². The van der Waals surface area contributed by atoms with Crippen LogP contribution in [0.5, 0.6) is 5.75 Å². The Morgan fingerprint density at radius 2 is 1.81 bits per heavy atom. The van der Waals surface area contributed by atoms with E-state index < -0.39 is 15.9 Å². The number of H-pyrrole nitrogens is 1. The Morgan fingerprint density at radius 3 is 2.54 bits per heavy atom. The van der Waals surface area contributed by atoms with E-state index in [0.29, 0.717) is 29.0 Å². The van der Waals surface area contributed by atoms with E-state index in [-0.39, 0.29) is 23.3 Å². The molecule has 0 saturated heterocycles. The van der Waals surface area contributed by atoms with Crippen LogP contribution in [0.15, 0.2) is 77.8 Å². The molecule has 0 fully saturated rings. The van der Waals surface area contributed by atoms with Crippen LogP contribution in [0.4, 0.5) is 0 Å². The summed E-state index contributed by atoms with van der Waals surface area (Å²) in [4.78, 5) is 17.0. The molecule has 0 aliphatic rings. The van der Waals surface area contributed by atoms with Gasteiger partial charge in [-0.1, -0.05) is 50.2 Å².